The topological polar surface area (TPSA) is 106 Å². The fraction of sp³-hybridized carbons (Fsp3) is 0.115. The van der Waals surface area contributed by atoms with Crippen LogP contribution in [-0.4, -0.2) is 28.0 Å². The van der Waals surface area contributed by atoms with Crippen LogP contribution in [0.4, 0.5) is 5.82 Å². The van der Waals surface area contributed by atoms with Gasteiger partial charge < -0.3 is 20.8 Å². The first-order valence-corrected chi connectivity index (χ1v) is 10.6. The third kappa shape index (κ3) is 3.63. The molecule has 0 aliphatic carbocycles. The number of nitrogens with two attached hydrogens (primary N) is 1. The van der Waals surface area contributed by atoms with E-state index < -0.39 is 5.91 Å². The molecule has 0 radical (unpaired) electrons. The summed E-state index contributed by atoms with van der Waals surface area (Å²) in [6, 6.07) is 21.3. The molecule has 33 heavy (non-hydrogen) atoms. The Labute approximate surface area is 190 Å². The van der Waals surface area contributed by atoms with Crippen LogP contribution in [0.3, 0.4) is 0 Å². The predicted octanol–water partition coefficient (Wildman–Crippen LogP) is 4.81. The number of aryl methyl sites for hydroxylation is 1. The van der Waals surface area contributed by atoms with Gasteiger partial charge in [0.25, 0.3) is 0 Å². The minimum absolute atomic E-state index is 0.425. The van der Waals surface area contributed by atoms with Gasteiger partial charge in [-0.15, -0.1) is 0 Å². The number of primary amides is 1. The highest BCUT2D eigenvalue weighted by molar-refractivity contribution is 6.12. The molecule has 3 aromatic carbocycles. The minimum atomic E-state index is -0.498. The van der Waals surface area contributed by atoms with Crippen molar-refractivity contribution in [3.05, 3.63) is 83.6 Å². The number of fused-ring (bicyclic) bond motifs is 2. The first kappa shape index (κ1) is 20.5. The fourth-order valence-electron chi connectivity index (χ4n) is 4.18. The van der Waals surface area contributed by atoms with E-state index in [1.807, 2.05) is 49.4 Å². The Morgan fingerprint density at radius 1 is 1.03 bits per heavy atom. The van der Waals surface area contributed by atoms with Gasteiger partial charge in [-0.25, -0.2) is 9.97 Å². The summed E-state index contributed by atoms with van der Waals surface area (Å²) in [5.41, 5.74) is 10.3. The van der Waals surface area contributed by atoms with E-state index in [2.05, 4.69) is 22.4 Å². The number of rotatable bonds is 6. The van der Waals surface area contributed by atoms with Crippen molar-refractivity contribution in [2.24, 2.45) is 5.73 Å². The number of hydrogen-bond acceptors (Lipinski definition) is 5. The third-order valence-electron chi connectivity index (χ3n) is 5.71. The van der Waals surface area contributed by atoms with Crippen LogP contribution in [0.15, 0.2) is 66.7 Å². The Morgan fingerprint density at radius 2 is 1.82 bits per heavy atom. The summed E-state index contributed by atoms with van der Waals surface area (Å²) in [5, 5.41) is 5.02. The molecular formula is C26H23N5O2. The van der Waals surface area contributed by atoms with Crippen molar-refractivity contribution in [2.75, 3.05) is 12.4 Å². The molecular weight excluding hydrogens is 414 g/mol. The maximum Gasteiger partial charge on any atom is 0.249 e. The molecule has 7 heteroatoms. The van der Waals surface area contributed by atoms with Crippen molar-refractivity contribution < 1.29 is 9.53 Å². The van der Waals surface area contributed by atoms with Gasteiger partial charge in [0.05, 0.1) is 7.11 Å². The Kier molecular flexibility index (Phi) is 5.14. The Balaban J connectivity index is 1.74. The van der Waals surface area contributed by atoms with Crippen molar-refractivity contribution in [3.63, 3.8) is 0 Å². The molecule has 0 fully saturated rings. The second kappa shape index (κ2) is 8.27. The second-order valence-electron chi connectivity index (χ2n) is 7.81. The van der Waals surface area contributed by atoms with E-state index in [-0.39, 0.29) is 0 Å². The fourth-order valence-corrected chi connectivity index (χ4v) is 4.18. The van der Waals surface area contributed by atoms with Gasteiger partial charge in [0.1, 0.15) is 17.1 Å². The molecule has 7 nitrogen and oxygen atoms in total. The Bertz CT molecular complexity index is 1490. The number of ether oxygens (including phenoxy) is 1. The molecule has 0 atom stereocenters. The largest absolute Gasteiger partial charge is 0.494 e. The highest BCUT2D eigenvalue weighted by Crippen LogP contribution is 2.36. The highest BCUT2D eigenvalue weighted by atomic mass is 16.5. The monoisotopic (exact) mass is 437 g/mol. The van der Waals surface area contributed by atoms with Crippen molar-refractivity contribution in [3.8, 4) is 17.1 Å². The summed E-state index contributed by atoms with van der Waals surface area (Å²) >= 11 is 0. The highest BCUT2D eigenvalue weighted by Gasteiger charge is 2.21. The number of anilines is 1. The van der Waals surface area contributed by atoms with Crippen molar-refractivity contribution in [1.29, 1.82) is 0 Å². The number of nitrogens with one attached hydrogen (secondary N) is 2. The van der Waals surface area contributed by atoms with Gasteiger partial charge in [0.15, 0.2) is 5.82 Å². The normalized spacial score (nSPS) is 11.1. The van der Waals surface area contributed by atoms with E-state index in [0.29, 0.717) is 40.4 Å². The van der Waals surface area contributed by atoms with E-state index in [0.717, 1.165) is 27.7 Å². The average Bonchev–Trinajstić information content (AvgIpc) is 3.18. The molecule has 164 valence electrons. The summed E-state index contributed by atoms with van der Waals surface area (Å²) in [5.74, 6) is 1.32. The third-order valence-corrected chi connectivity index (χ3v) is 5.71. The molecule has 0 saturated carbocycles. The summed E-state index contributed by atoms with van der Waals surface area (Å²) in [7, 11) is 1.62. The molecule has 0 aliphatic heterocycles. The molecule has 5 aromatic rings. The molecule has 0 spiro atoms. The number of aromatic nitrogens is 3. The zero-order valence-corrected chi connectivity index (χ0v) is 18.3. The van der Waals surface area contributed by atoms with E-state index in [9.17, 15) is 4.79 Å². The molecule has 0 unspecified atom stereocenters. The number of carbonyl (C=O) groups is 1. The zero-order chi connectivity index (χ0) is 22.9. The van der Waals surface area contributed by atoms with Crippen LogP contribution in [0.1, 0.15) is 21.6 Å². The van der Waals surface area contributed by atoms with Crippen molar-refractivity contribution >= 4 is 33.5 Å². The Hall–Kier alpha value is -4.39. The van der Waals surface area contributed by atoms with Crippen LogP contribution in [-0.2, 0) is 6.54 Å². The van der Waals surface area contributed by atoms with E-state index in [1.54, 1.807) is 19.2 Å². The molecule has 0 saturated heterocycles. The van der Waals surface area contributed by atoms with Crippen LogP contribution in [0.25, 0.3) is 33.2 Å². The van der Waals surface area contributed by atoms with Gasteiger partial charge in [-0.05, 0) is 36.8 Å². The second-order valence-corrected chi connectivity index (χ2v) is 7.81. The quantitative estimate of drug-likeness (QED) is 0.354. The number of H-pyrrole nitrogens is 1. The number of nitrogens with zero attached hydrogens (tertiary/aromatic N) is 2. The zero-order valence-electron chi connectivity index (χ0n) is 18.3. The van der Waals surface area contributed by atoms with Crippen LogP contribution in [0.2, 0.25) is 0 Å². The molecule has 2 aromatic heterocycles. The lowest BCUT2D eigenvalue weighted by Gasteiger charge is -2.13. The molecule has 4 N–H and O–H groups in total. The Morgan fingerprint density at radius 3 is 2.58 bits per heavy atom. The smallest absolute Gasteiger partial charge is 0.249 e. The first-order chi connectivity index (χ1) is 16.1. The SMILES string of the molecule is COc1cccc2c(NCc3ccccc3)nc(-c3c(C)[nH]c4cccc(C(N)=O)c34)nc12. The lowest BCUT2D eigenvalue weighted by atomic mass is 10.0. The number of hydrogen-bond donors (Lipinski definition) is 3. The predicted molar refractivity (Wildman–Crippen MR) is 130 cm³/mol. The van der Waals surface area contributed by atoms with Crippen LogP contribution in [0, 0.1) is 6.92 Å². The van der Waals surface area contributed by atoms with E-state index in [4.69, 9.17) is 20.4 Å². The van der Waals surface area contributed by atoms with Crippen LogP contribution in [0.5, 0.6) is 5.75 Å². The summed E-state index contributed by atoms with van der Waals surface area (Å²) < 4.78 is 5.60. The standard InChI is InChI=1S/C26H23N5O2/c1-15-21(22-17(24(27)32)10-6-12-19(22)29-15)26-30-23-18(11-7-13-20(23)33-2)25(31-26)28-14-16-8-4-3-5-9-16/h3-13,29H,14H2,1-2H3,(H2,27,32)(H,28,30,31). The van der Waals surface area contributed by atoms with Crippen molar-refractivity contribution in [2.45, 2.75) is 13.5 Å². The number of para-hydroxylation sites is 1. The van der Waals surface area contributed by atoms with Crippen LogP contribution >= 0.6 is 0 Å². The molecule has 0 bridgehead atoms. The van der Waals surface area contributed by atoms with Crippen LogP contribution < -0.4 is 15.8 Å². The number of carbonyl (C=O) groups excluding carboxylic acids is 1. The molecule has 1 amide bonds. The first-order valence-electron chi connectivity index (χ1n) is 10.6. The summed E-state index contributed by atoms with van der Waals surface area (Å²) in [4.78, 5) is 25.3. The summed E-state index contributed by atoms with van der Waals surface area (Å²) in [6.45, 7) is 2.54. The van der Waals surface area contributed by atoms with Gasteiger partial charge in [0, 0.05) is 39.7 Å². The van der Waals surface area contributed by atoms with Crippen molar-refractivity contribution in [1.82, 2.24) is 15.0 Å². The van der Waals surface area contributed by atoms with E-state index in [1.165, 1.54) is 0 Å². The molecule has 5 rings (SSSR count). The minimum Gasteiger partial charge on any atom is -0.494 e. The van der Waals surface area contributed by atoms with Gasteiger partial charge >= 0.3 is 0 Å². The summed E-state index contributed by atoms with van der Waals surface area (Å²) in [6.07, 6.45) is 0. The molecule has 2 heterocycles. The molecule has 0 aliphatic rings. The average molecular weight is 438 g/mol. The van der Waals surface area contributed by atoms with E-state index >= 15 is 0 Å². The number of benzene rings is 3. The lowest BCUT2D eigenvalue weighted by Crippen LogP contribution is -2.11. The number of methoxy groups -OCH3 is 1. The number of aromatic amines is 1. The lowest BCUT2D eigenvalue weighted by molar-refractivity contribution is 0.100. The number of amides is 1. The van der Waals surface area contributed by atoms with Gasteiger partial charge in [-0.1, -0.05) is 42.5 Å². The maximum absolute atomic E-state index is 12.2. The maximum atomic E-state index is 12.2. The van der Waals surface area contributed by atoms with Gasteiger partial charge in [-0.3, -0.25) is 4.79 Å². The van der Waals surface area contributed by atoms with Gasteiger partial charge in [-0.2, -0.15) is 0 Å². The van der Waals surface area contributed by atoms with Gasteiger partial charge in [0.2, 0.25) is 5.91 Å².